The molecule has 106 valence electrons. The van der Waals surface area contributed by atoms with Crippen molar-refractivity contribution in [3.63, 3.8) is 0 Å². The number of aryl methyl sites for hydroxylation is 1. The zero-order valence-electron chi connectivity index (χ0n) is 12.1. The third-order valence-corrected chi connectivity index (χ3v) is 3.41. The Bertz CT molecular complexity index is 566. The smallest absolute Gasteiger partial charge is 0.165 e. The zero-order chi connectivity index (χ0) is 14.5. The maximum absolute atomic E-state index is 13.6. The van der Waals surface area contributed by atoms with E-state index in [-0.39, 0.29) is 17.6 Å². The summed E-state index contributed by atoms with van der Waals surface area (Å²) >= 11 is 0. The Kier molecular flexibility index (Phi) is 4.74. The van der Waals surface area contributed by atoms with E-state index in [0.29, 0.717) is 6.54 Å². The lowest BCUT2D eigenvalue weighted by atomic mass is 10.1. The Hall–Kier alpha value is -1.87. The molecule has 0 heterocycles. The van der Waals surface area contributed by atoms with Crippen molar-refractivity contribution in [3.05, 3.63) is 65.0 Å². The predicted octanol–water partition coefficient (Wildman–Crippen LogP) is 3.99. The van der Waals surface area contributed by atoms with E-state index in [9.17, 15) is 4.39 Å². The average molecular weight is 273 g/mol. The molecule has 0 amide bonds. The number of halogens is 1. The molecule has 2 aromatic rings. The highest BCUT2D eigenvalue weighted by Crippen LogP contribution is 2.19. The van der Waals surface area contributed by atoms with Crippen LogP contribution >= 0.6 is 0 Å². The van der Waals surface area contributed by atoms with Crippen molar-refractivity contribution < 1.29 is 9.13 Å². The largest absolute Gasteiger partial charge is 0.494 e. The molecule has 1 N–H and O–H groups in total. The molecule has 1 atom stereocenters. The lowest BCUT2D eigenvalue weighted by molar-refractivity contribution is 0.386. The molecule has 20 heavy (non-hydrogen) atoms. The second-order valence-electron chi connectivity index (χ2n) is 4.98. The Morgan fingerprint density at radius 1 is 1.15 bits per heavy atom. The second-order valence-corrected chi connectivity index (χ2v) is 4.98. The number of rotatable bonds is 5. The first kappa shape index (κ1) is 14.5. The van der Waals surface area contributed by atoms with Gasteiger partial charge in [-0.25, -0.2) is 4.39 Å². The van der Waals surface area contributed by atoms with Gasteiger partial charge in [0.25, 0.3) is 0 Å². The zero-order valence-corrected chi connectivity index (χ0v) is 12.1. The highest BCUT2D eigenvalue weighted by Gasteiger charge is 2.07. The van der Waals surface area contributed by atoms with Crippen molar-refractivity contribution in [2.45, 2.75) is 26.4 Å². The van der Waals surface area contributed by atoms with Gasteiger partial charge in [-0.2, -0.15) is 0 Å². The number of nitrogens with one attached hydrogen (secondary N) is 1. The van der Waals surface area contributed by atoms with Crippen LogP contribution in [0.1, 0.15) is 29.7 Å². The van der Waals surface area contributed by atoms with E-state index in [1.54, 1.807) is 6.07 Å². The molecule has 0 fully saturated rings. The molecule has 0 spiro atoms. The first-order valence-electron chi connectivity index (χ1n) is 6.72. The minimum absolute atomic E-state index is 0.223. The molecule has 0 unspecified atom stereocenters. The molecule has 0 aliphatic carbocycles. The van der Waals surface area contributed by atoms with Crippen LogP contribution in [-0.2, 0) is 6.54 Å². The van der Waals surface area contributed by atoms with Crippen LogP contribution in [0.15, 0.2) is 42.5 Å². The molecule has 0 saturated heterocycles. The molecule has 2 rings (SSSR count). The van der Waals surface area contributed by atoms with Gasteiger partial charge in [0.05, 0.1) is 7.11 Å². The number of ether oxygens (including phenoxy) is 1. The van der Waals surface area contributed by atoms with Crippen LogP contribution in [0.2, 0.25) is 0 Å². The lowest BCUT2D eigenvalue weighted by Gasteiger charge is -2.15. The van der Waals surface area contributed by atoms with E-state index in [4.69, 9.17) is 4.74 Å². The molecule has 0 aliphatic rings. The fraction of sp³-hybridized carbons (Fsp3) is 0.294. The SMILES string of the molecule is COc1ccc(CN[C@@H](C)c2ccc(C)cc2)cc1F. The van der Waals surface area contributed by atoms with Crippen molar-refractivity contribution in [2.24, 2.45) is 0 Å². The van der Waals surface area contributed by atoms with Crippen molar-refractivity contribution in [1.82, 2.24) is 5.32 Å². The van der Waals surface area contributed by atoms with Crippen LogP contribution in [0.25, 0.3) is 0 Å². The average Bonchev–Trinajstić information content (AvgIpc) is 2.45. The summed E-state index contributed by atoms with van der Waals surface area (Å²) in [7, 11) is 1.47. The summed E-state index contributed by atoms with van der Waals surface area (Å²) in [6.45, 7) is 4.79. The van der Waals surface area contributed by atoms with Gasteiger partial charge in [-0.05, 0) is 37.1 Å². The molecule has 3 heteroatoms. The van der Waals surface area contributed by atoms with E-state index < -0.39 is 0 Å². The van der Waals surface area contributed by atoms with Crippen LogP contribution in [0.5, 0.6) is 5.75 Å². The number of benzene rings is 2. The van der Waals surface area contributed by atoms with Crippen molar-refractivity contribution in [3.8, 4) is 5.75 Å². The van der Waals surface area contributed by atoms with Gasteiger partial charge < -0.3 is 10.1 Å². The summed E-state index contributed by atoms with van der Waals surface area (Å²) in [6.07, 6.45) is 0. The maximum atomic E-state index is 13.6. The van der Waals surface area contributed by atoms with Crippen molar-refractivity contribution in [2.75, 3.05) is 7.11 Å². The van der Waals surface area contributed by atoms with Crippen LogP contribution < -0.4 is 10.1 Å². The van der Waals surface area contributed by atoms with Gasteiger partial charge in [0.2, 0.25) is 0 Å². The van der Waals surface area contributed by atoms with Crippen molar-refractivity contribution >= 4 is 0 Å². The van der Waals surface area contributed by atoms with Crippen LogP contribution in [0, 0.1) is 12.7 Å². The Balaban J connectivity index is 1.97. The molecule has 0 radical (unpaired) electrons. The number of hydrogen-bond donors (Lipinski definition) is 1. The maximum Gasteiger partial charge on any atom is 0.165 e. The first-order valence-corrected chi connectivity index (χ1v) is 6.72. The lowest BCUT2D eigenvalue weighted by Crippen LogP contribution is -2.18. The highest BCUT2D eigenvalue weighted by atomic mass is 19.1. The molecular weight excluding hydrogens is 253 g/mol. The standard InChI is InChI=1S/C17H20FNO/c1-12-4-7-15(8-5-12)13(2)19-11-14-6-9-17(20-3)16(18)10-14/h4-10,13,19H,11H2,1-3H3/t13-/m0/s1. The predicted molar refractivity (Wildman–Crippen MR) is 79.4 cm³/mol. The van der Waals surface area contributed by atoms with Gasteiger partial charge in [0.1, 0.15) is 0 Å². The summed E-state index contributed by atoms with van der Waals surface area (Å²) in [6, 6.07) is 13.7. The van der Waals surface area contributed by atoms with Gasteiger partial charge in [-0.3, -0.25) is 0 Å². The minimum Gasteiger partial charge on any atom is -0.494 e. The molecule has 2 aromatic carbocycles. The number of hydrogen-bond acceptors (Lipinski definition) is 2. The highest BCUT2D eigenvalue weighted by molar-refractivity contribution is 5.29. The van der Waals surface area contributed by atoms with Gasteiger partial charge in [-0.1, -0.05) is 35.9 Å². The van der Waals surface area contributed by atoms with E-state index in [2.05, 4.69) is 43.4 Å². The van der Waals surface area contributed by atoms with Gasteiger partial charge >= 0.3 is 0 Å². The number of methoxy groups -OCH3 is 1. The fourth-order valence-electron chi connectivity index (χ4n) is 2.06. The molecule has 0 bridgehead atoms. The van der Waals surface area contributed by atoms with Crippen molar-refractivity contribution in [1.29, 1.82) is 0 Å². The van der Waals surface area contributed by atoms with E-state index in [1.807, 2.05) is 6.07 Å². The van der Waals surface area contributed by atoms with Gasteiger partial charge in [0.15, 0.2) is 11.6 Å². The quantitative estimate of drug-likeness (QED) is 0.889. The third-order valence-electron chi connectivity index (χ3n) is 3.41. The van der Waals surface area contributed by atoms with Crippen LogP contribution in [0.4, 0.5) is 4.39 Å². The normalized spacial score (nSPS) is 12.2. The van der Waals surface area contributed by atoms with Crippen LogP contribution in [-0.4, -0.2) is 7.11 Å². The first-order chi connectivity index (χ1) is 9.60. The molecule has 0 aromatic heterocycles. The van der Waals surface area contributed by atoms with E-state index in [0.717, 1.165) is 5.56 Å². The summed E-state index contributed by atoms with van der Waals surface area (Å²) in [5.74, 6) is -0.0462. The summed E-state index contributed by atoms with van der Waals surface area (Å²) in [5, 5.41) is 3.39. The van der Waals surface area contributed by atoms with Gasteiger partial charge in [-0.15, -0.1) is 0 Å². The van der Waals surface area contributed by atoms with E-state index in [1.165, 1.54) is 24.3 Å². The molecular formula is C17H20FNO. The Labute approximate surface area is 119 Å². The fourth-order valence-corrected chi connectivity index (χ4v) is 2.06. The Morgan fingerprint density at radius 2 is 1.85 bits per heavy atom. The second kappa shape index (κ2) is 6.53. The summed E-state index contributed by atoms with van der Waals surface area (Å²) in [5.41, 5.74) is 3.38. The summed E-state index contributed by atoms with van der Waals surface area (Å²) < 4.78 is 18.5. The third kappa shape index (κ3) is 3.58. The monoisotopic (exact) mass is 273 g/mol. The summed E-state index contributed by atoms with van der Waals surface area (Å²) in [4.78, 5) is 0. The van der Waals surface area contributed by atoms with Gasteiger partial charge in [0, 0.05) is 12.6 Å². The molecule has 2 nitrogen and oxygen atoms in total. The van der Waals surface area contributed by atoms with Crippen LogP contribution in [0.3, 0.4) is 0 Å². The molecule has 0 saturated carbocycles. The Morgan fingerprint density at radius 3 is 2.45 bits per heavy atom. The van der Waals surface area contributed by atoms with E-state index >= 15 is 0 Å². The minimum atomic E-state index is -0.324. The molecule has 0 aliphatic heterocycles. The topological polar surface area (TPSA) is 21.3 Å².